The summed E-state index contributed by atoms with van der Waals surface area (Å²) in [5.41, 5.74) is 6.96. The molecule has 0 amide bonds. The Kier molecular flexibility index (Phi) is 7.19. The van der Waals surface area contributed by atoms with Crippen molar-refractivity contribution in [2.24, 2.45) is 10.2 Å². The van der Waals surface area contributed by atoms with E-state index in [1.54, 1.807) is 48.5 Å². The van der Waals surface area contributed by atoms with Crippen LogP contribution in [0.25, 0.3) is 28.2 Å². The maximum absolute atomic E-state index is 10.1. The van der Waals surface area contributed by atoms with Crippen LogP contribution >= 0.6 is 0 Å². The smallest absolute Gasteiger partial charge is 0.150 e. The highest BCUT2D eigenvalue weighted by Crippen LogP contribution is 2.48. The van der Waals surface area contributed by atoms with E-state index in [1.165, 1.54) is 0 Å². The van der Waals surface area contributed by atoms with E-state index in [0.717, 1.165) is 50.5 Å². The molecule has 0 saturated heterocycles. The SMILES string of the molecule is CCC1=C(c2ccc(O)cc2)N=NC1(Cn1nc(-c2ccc(O)cc2)c(CC)c1-c1ccc(O)cc1)c1ccc(O)cc1. The van der Waals surface area contributed by atoms with Gasteiger partial charge >= 0.3 is 0 Å². The van der Waals surface area contributed by atoms with E-state index in [2.05, 4.69) is 13.8 Å². The molecule has 1 aromatic heterocycles. The van der Waals surface area contributed by atoms with Crippen molar-refractivity contribution in [1.29, 1.82) is 0 Å². The van der Waals surface area contributed by atoms with Crippen LogP contribution in [0.4, 0.5) is 0 Å². The molecule has 0 spiro atoms. The van der Waals surface area contributed by atoms with Crippen molar-refractivity contribution in [2.75, 3.05) is 0 Å². The van der Waals surface area contributed by atoms with E-state index in [9.17, 15) is 20.4 Å². The van der Waals surface area contributed by atoms with Gasteiger partial charge < -0.3 is 20.4 Å². The summed E-state index contributed by atoms with van der Waals surface area (Å²) in [6.45, 7) is 4.47. The van der Waals surface area contributed by atoms with Crippen LogP contribution < -0.4 is 0 Å². The minimum Gasteiger partial charge on any atom is -0.508 e. The summed E-state index contributed by atoms with van der Waals surface area (Å²) >= 11 is 0. The van der Waals surface area contributed by atoms with Crippen LogP contribution in [-0.4, -0.2) is 30.2 Å². The second-order valence-electron chi connectivity index (χ2n) is 10.6. The van der Waals surface area contributed by atoms with Crippen LogP contribution in [0, 0.1) is 0 Å². The van der Waals surface area contributed by atoms with E-state index in [1.807, 2.05) is 53.2 Å². The average molecular weight is 573 g/mol. The number of rotatable bonds is 8. The first-order valence-corrected chi connectivity index (χ1v) is 14.3. The Hall–Kier alpha value is -5.37. The van der Waals surface area contributed by atoms with Crippen molar-refractivity contribution < 1.29 is 20.4 Å². The molecule has 6 rings (SSSR count). The summed E-state index contributed by atoms with van der Waals surface area (Å²) < 4.78 is 1.97. The van der Waals surface area contributed by atoms with Gasteiger partial charge in [0.25, 0.3) is 0 Å². The van der Waals surface area contributed by atoms with Gasteiger partial charge in [0.1, 0.15) is 28.5 Å². The molecule has 5 aromatic rings. The van der Waals surface area contributed by atoms with E-state index < -0.39 is 5.54 Å². The third kappa shape index (κ3) is 5.01. The first-order chi connectivity index (χ1) is 20.8. The summed E-state index contributed by atoms with van der Waals surface area (Å²) in [5, 5.41) is 54.9. The zero-order valence-corrected chi connectivity index (χ0v) is 23.9. The maximum Gasteiger partial charge on any atom is 0.150 e. The topological polar surface area (TPSA) is 123 Å². The number of phenolic OH excluding ortho intramolecular Hbond substituents is 4. The number of hydrogen-bond acceptors (Lipinski definition) is 7. The molecule has 2 heterocycles. The number of aromatic hydroxyl groups is 4. The van der Waals surface area contributed by atoms with E-state index in [0.29, 0.717) is 19.4 Å². The Bertz CT molecular complexity index is 1820. The van der Waals surface area contributed by atoms with Gasteiger partial charge in [-0.2, -0.15) is 15.3 Å². The fraction of sp³-hybridized carbons (Fsp3) is 0.171. The van der Waals surface area contributed by atoms with Gasteiger partial charge in [0.15, 0.2) is 0 Å². The predicted molar refractivity (Wildman–Crippen MR) is 166 cm³/mol. The first-order valence-electron chi connectivity index (χ1n) is 14.3. The quantitative estimate of drug-likeness (QED) is 0.151. The fourth-order valence-corrected chi connectivity index (χ4v) is 5.91. The molecule has 0 bridgehead atoms. The number of hydrogen-bond donors (Lipinski definition) is 4. The molecule has 1 aliphatic rings. The average Bonchev–Trinajstić information content (AvgIpc) is 3.57. The van der Waals surface area contributed by atoms with Crippen LogP contribution in [0.2, 0.25) is 0 Å². The zero-order valence-electron chi connectivity index (χ0n) is 23.9. The fourth-order valence-electron chi connectivity index (χ4n) is 5.91. The van der Waals surface area contributed by atoms with Crippen molar-refractivity contribution in [1.82, 2.24) is 9.78 Å². The highest BCUT2D eigenvalue weighted by molar-refractivity contribution is 5.76. The highest BCUT2D eigenvalue weighted by atomic mass is 16.3. The lowest BCUT2D eigenvalue weighted by Gasteiger charge is -2.30. The summed E-state index contributed by atoms with van der Waals surface area (Å²) in [6, 6.07) is 28.1. The molecule has 1 unspecified atom stereocenters. The third-order valence-electron chi connectivity index (χ3n) is 8.01. The summed E-state index contributed by atoms with van der Waals surface area (Å²) in [4.78, 5) is 0. The standard InChI is InChI=1S/C35H32N4O4/c1-3-30-32(22-5-13-26(40)14-6-22)37-39(34(30)24-9-17-28(42)18-10-24)21-35(25-11-19-29(43)20-12-25)31(4-2)33(36-38-35)23-7-15-27(41)16-8-23/h5-20,40-43H,3-4,21H2,1-2H3. The van der Waals surface area contributed by atoms with Crippen molar-refractivity contribution in [3.05, 3.63) is 119 Å². The zero-order chi connectivity index (χ0) is 30.1. The van der Waals surface area contributed by atoms with Crippen LogP contribution in [0.3, 0.4) is 0 Å². The second-order valence-corrected chi connectivity index (χ2v) is 10.6. The Morgan fingerprint density at radius 3 is 1.60 bits per heavy atom. The van der Waals surface area contributed by atoms with Gasteiger partial charge in [-0.05, 0) is 109 Å². The Morgan fingerprint density at radius 1 is 0.605 bits per heavy atom. The second kappa shape index (κ2) is 11.1. The van der Waals surface area contributed by atoms with E-state index in [4.69, 9.17) is 15.3 Å². The van der Waals surface area contributed by atoms with Gasteiger partial charge in [0.05, 0.1) is 23.6 Å². The van der Waals surface area contributed by atoms with Gasteiger partial charge in [-0.1, -0.05) is 26.0 Å². The number of azo groups is 1. The number of nitrogens with zero attached hydrogens (tertiary/aromatic N) is 4. The molecule has 0 aliphatic carbocycles. The van der Waals surface area contributed by atoms with Crippen molar-refractivity contribution >= 4 is 5.70 Å². The third-order valence-corrected chi connectivity index (χ3v) is 8.01. The van der Waals surface area contributed by atoms with Crippen molar-refractivity contribution in [2.45, 2.75) is 38.8 Å². The van der Waals surface area contributed by atoms with Crippen LogP contribution in [0.1, 0.15) is 37.0 Å². The van der Waals surface area contributed by atoms with Crippen LogP contribution in [-0.2, 0) is 18.5 Å². The summed E-state index contributed by atoms with van der Waals surface area (Å²) in [5.74, 6) is 0.677. The molecule has 0 radical (unpaired) electrons. The lowest BCUT2D eigenvalue weighted by molar-refractivity contribution is 0.406. The number of benzene rings is 4. The monoisotopic (exact) mass is 572 g/mol. The van der Waals surface area contributed by atoms with Crippen LogP contribution in [0.5, 0.6) is 23.0 Å². The minimum absolute atomic E-state index is 0.154. The Labute approximate surface area is 249 Å². The minimum atomic E-state index is -0.940. The maximum atomic E-state index is 10.1. The molecular formula is C35H32N4O4. The number of phenols is 4. The predicted octanol–water partition coefficient (Wildman–Crippen LogP) is 7.78. The molecule has 216 valence electrons. The van der Waals surface area contributed by atoms with E-state index >= 15 is 0 Å². The summed E-state index contributed by atoms with van der Waals surface area (Å²) in [7, 11) is 0. The highest BCUT2D eigenvalue weighted by Gasteiger charge is 2.43. The van der Waals surface area contributed by atoms with Gasteiger partial charge in [0, 0.05) is 22.3 Å². The molecule has 43 heavy (non-hydrogen) atoms. The molecule has 0 saturated carbocycles. The molecule has 0 fully saturated rings. The molecular weight excluding hydrogens is 540 g/mol. The van der Waals surface area contributed by atoms with Gasteiger partial charge in [-0.15, -0.1) is 0 Å². The van der Waals surface area contributed by atoms with Crippen LogP contribution in [0.15, 0.2) is 113 Å². The lowest BCUT2D eigenvalue weighted by Crippen LogP contribution is -2.31. The lowest BCUT2D eigenvalue weighted by atomic mass is 9.80. The van der Waals surface area contributed by atoms with Gasteiger partial charge in [-0.3, -0.25) is 4.68 Å². The first kappa shape index (κ1) is 27.8. The summed E-state index contributed by atoms with van der Waals surface area (Å²) in [6.07, 6.45) is 1.33. The van der Waals surface area contributed by atoms with Gasteiger partial charge in [-0.25, -0.2) is 0 Å². The Morgan fingerprint density at radius 2 is 1.09 bits per heavy atom. The normalized spacial score (nSPS) is 16.2. The van der Waals surface area contributed by atoms with Gasteiger partial charge in [0.2, 0.25) is 0 Å². The molecule has 8 nitrogen and oxygen atoms in total. The molecule has 8 heteroatoms. The molecule has 4 N–H and O–H groups in total. The number of aromatic nitrogens is 2. The van der Waals surface area contributed by atoms with Crippen molar-refractivity contribution in [3.8, 4) is 45.5 Å². The molecule has 1 aliphatic heterocycles. The van der Waals surface area contributed by atoms with E-state index in [-0.39, 0.29) is 23.0 Å². The Balaban J connectivity index is 1.60. The largest absolute Gasteiger partial charge is 0.508 e. The van der Waals surface area contributed by atoms with Crippen molar-refractivity contribution in [3.63, 3.8) is 0 Å². The molecule has 1 atom stereocenters. The molecule has 4 aromatic carbocycles.